The number of fused-ring (bicyclic) bond motifs is 1. The van der Waals surface area contributed by atoms with Crippen molar-refractivity contribution in [3.8, 4) is 5.75 Å². The Balaban J connectivity index is 1.49. The first kappa shape index (κ1) is 16.1. The maximum Gasteiger partial charge on any atom is 0.280 e. The summed E-state index contributed by atoms with van der Waals surface area (Å²) in [5, 5.41) is 2.87. The van der Waals surface area contributed by atoms with Crippen LogP contribution in [-0.2, 0) is 4.79 Å². The number of amides is 1. The molecule has 1 unspecified atom stereocenters. The van der Waals surface area contributed by atoms with Crippen LogP contribution in [0.15, 0.2) is 83.8 Å². The van der Waals surface area contributed by atoms with Crippen LogP contribution in [0.4, 0.5) is 11.4 Å². The predicted octanol–water partition coefficient (Wildman–Crippen LogP) is 1.76. The summed E-state index contributed by atoms with van der Waals surface area (Å²) < 4.78 is 5.29. The molecule has 6 nitrogen and oxygen atoms in total. The number of benzene rings is 2. The Morgan fingerprint density at radius 2 is 2.04 bits per heavy atom. The number of hydrogen-bond donors (Lipinski definition) is 2. The molecule has 6 heteroatoms. The zero-order valence-corrected chi connectivity index (χ0v) is 14.3. The second-order valence-corrected chi connectivity index (χ2v) is 6.02. The van der Waals surface area contributed by atoms with Crippen molar-refractivity contribution in [2.75, 3.05) is 24.0 Å². The summed E-state index contributed by atoms with van der Waals surface area (Å²) in [6.07, 6.45) is 5.75. The largest absolute Gasteiger partial charge is 0.497 e. The van der Waals surface area contributed by atoms with Crippen LogP contribution in [0.25, 0.3) is 0 Å². The van der Waals surface area contributed by atoms with Crippen LogP contribution in [0.5, 0.6) is 5.75 Å². The Bertz CT molecular complexity index is 918. The van der Waals surface area contributed by atoms with E-state index in [9.17, 15) is 4.79 Å². The highest BCUT2D eigenvalue weighted by Gasteiger charge is 2.30. The van der Waals surface area contributed by atoms with Crippen LogP contribution in [0.1, 0.15) is 0 Å². The highest BCUT2D eigenvalue weighted by atomic mass is 16.5. The molecular formula is C20H19N4O2+. The summed E-state index contributed by atoms with van der Waals surface area (Å²) in [6.45, 7) is 0.657. The second-order valence-electron chi connectivity index (χ2n) is 6.02. The smallest absolute Gasteiger partial charge is 0.280 e. The molecule has 2 aromatic carbocycles. The molecule has 0 fully saturated rings. The number of rotatable bonds is 4. The van der Waals surface area contributed by atoms with E-state index >= 15 is 0 Å². The molecule has 0 aromatic heterocycles. The highest BCUT2D eigenvalue weighted by molar-refractivity contribution is 6.06. The van der Waals surface area contributed by atoms with Crippen LogP contribution in [0.3, 0.4) is 0 Å². The summed E-state index contributed by atoms with van der Waals surface area (Å²) in [4.78, 5) is 20.0. The van der Waals surface area contributed by atoms with Gasteiger partial charge in [0.15, 0.2) is 12.4 Å². The van der Waals surface area contributed by atoms with Crippen molar-refractivity contribution in [2.24, 2.45) is 4.99 Å². The quantitative estimate of drug-likeness (QED) is 0.886. The Morgan fingerprint density at radius 3 is 2.85 bits per heavy atom. The summed E-state index contributed by atoms with van der Waals surface area (Å²) in [5.41, 5.74) is 2.21. The van der Waals surface area contributed by atoms with E-state index in [4.69, 9.17) is 4.74 Å². The van der Waals surface area contributed by atoms with Gasteiger partial charge < -0.3 is 10.1 Å². The van der Waals surface area contributed by atoms with E-state index in [1.54, 1.807) is 7.11 Å². The van der Waals surface area contributed by atoms with Gasteiger partial charge in [0, 0.05) is 29.7 Å². The van der Waals surface area contributed by atoms with Crippen molar-refractivity contribution in [2.45, 2.75) is 0 Å². The number of methoxy groups -OCH3 is 1. The van der Waals surface area contributed by atoms with Crippen molar-refractivity contribution in [3.05, 3.63) is 78.8 Å². The minimum absolute atomic E-state index is 0.202. The molecule has 0 saturated carbocycles. The van der Waals surface area contributed by atoms with Gasteiger partial charge in [0.25, 0.3) is 5.91 Å². The number of hydrogen-bond acceptors (Lipinski definition) is 4. The van der Waals surface area contributed by atoms with E-state index in [0.29, 0.717) is 12.4 Å². The van der Waals surface area contributed by atoms with E-state index in [0.717, 1.165) is 27.9 Å². The Hall–Kier alpha value is -3.38. The van der Waals surface area contributed by atoms with Gasteiger partial charge >= 0.3 is 0 Å². The van der Waals surface area contributed by atoms with E-state index in [2.05, 4.69) is 15.2 Å². The zero-order valence-electron chi connectivity index (χ0n) is 14.3. The third-order valence-electron chi connectivity index (χ3n) is 4.28. The van der Waals surface area contributed by atoms with Crippen LogP contribution >= 0.6 is 0 Å². The summed E-state index contributed by atoms with van der Waals surface area (Å²) in [5.74, 6) is 1.44. The molecule has 26 heavy (non-hydrogen) atoms. The molecule has 0 bridgehead atoms. The number of nitrogens with one attached hydrogen (secondary N) is 2. The highest BCUT2D eigenvalue weighted by Crippen LogP contribution is 2.21. The first-order valence-electron chi connectivity index (χ1n) is 8.35. The fourth-order valence-corrected chi connectivity index (χ4v) is 2.94. The minimum atomic E-state index is -0.202. The van der Waals surface area contributed by atoms with Gasteiger partial charge in [-0.2, -0.15) is 4.99 Å². The lowest BCUT2D eigenvalue weighted by atomic mass is 10.2. The monoisotopic (exact) mass is 347 g/mol. The molecule has 2 aliphatic heterocycles. The number of amidine groups is 1. The number of para-hydroxylation sites is 1. The second kappa shape index (κ2) is 6.85. The summed E-state index contributed by atoms with van der Waals surface area (Å²) >= 11 is 0. The van der Waals surface area contributed by atoms with Gasteiger partial charge in [0.1, 0.15) is 11.9 Å². The Morgan fingerprint density at radius 1 is 1.19 bits per heavy atom. The molecule has 2 aromatic rings. The topological polar surface area (TPSA) is 58.4 Å². The Labute approximate surface area is 151 Å². The average Bonchev–Trinajstić information content (AvgIpc) is 3.12. The molecule has 2 N–H and O–H groups in total. The molecule has 0 saturated heterocycles. The van der Waals surface area contributed by atoms with Gasteiger partial charge in [-0.3, -0.25) is 9.69 Å². The van der Waals surface area contributed by atoms with Gasteiger partial charge in [0.2, 0.25) is 5.84 Å². The third kappa shape index (κ3) is 3.22. The first-order chi connectivity index (χ1) is 12.7. The van der Waals surface area contributed by atoms with E-state index in [1.165, 1.54) is 0 Å². The number of carbonyl (C=O) groups excluding carboxylic acids is 1. The van der Waals surface area contributed by atoms with Gasteiger partial charge in [-0.15, -0.1) is 0 Å². The van der Waals surface area contributed by atoms with E-state index in [1.807, 2.05) is 73.1 Å². The lowest BCUT2D eigenvalue weighted by Gasteiger charge is -2.26. The molecule has 130 valence electrons. The maximum absolute atomic E-state index is 12.4. The lowest BCUT2D eigenvalue weighted by molar-refractivity contribution is -0.742. The normalized spacial score (nSPS) is 18.0. The lowest BCUT2D eigenvalue weighted by Crippen LogP contribution is -3.11. The number of anilines is 2. The fourth-order valence-electron chi connectivity index (χ4n) is 2.94. The molecule has 0 radical (unpaired) electrons. The number of aliphatic imine (C=N–C) groups is 1. The minimum Gasteiger partial charge on any atom is -0.497 e. The number of quaternary nitrogens is 1. The number of nitrogens with zero attached hydrogens (tertiary/aromatic N) is 2. The van der Waals surface area contributed by atoms with E-state index < -0.39 is 0 Å². The average molecular weight is 347 g/mol. The fraction of sp³-hybridized carbons (Fsp3) is 0.100. The maximum atomic E-state index is 12.4. The van der Waals surface area contributed by atoms with Crippen molar-refractivity contribution in [3.63, 3.8) is 0 Å². The molecular weight excluding hydrogens is 328 g/mol. The molecule has 1 atom stereocenters. The van der Waals surface area contributed by atoms with Crippen LogP contribution in [-0.4, -0.2) is 25.5 Å². The zero-order chi connectivity index (χ0) is 17.9. The van der Waals surface area contributed by atoms with Crippen molar-refractivity contribution >= 4 is 23.1 Å². The van der Waals surface area contributed by atoms with Gasteiger partial charge in [-0.1, -0.05) is 24.3 Å². The van der Waals surface area contributed by atoms with Crippen molar-refractivity contribution in [1.29, 1.82) is 0 Å². The SMILES string of the molecule is COc1cccc(N2C=CC3=NC(C(=O)Nc4ccccc4)=C[NH+]3C2)c1. The van der Waals surface area contributed by atoms with Gasteiger partial charge in [-0.05, 0) is 24.3 Å². The van der Waals surface area contributed by atoms with Crippen LogP contribution < -0.4 is 19.9 Å². The summed E-state index contributed by atoms with van der Waals surface area (Å²) in [7, 11) is 1.65. The van der Waals surface area contributed by atoms with Gasteiger partial charge in [0.05, 0.1) is 7.11 Å². The van der Waals surface area contributed by atoms with E-state index in [-0.39, 0.29) is 5.91 Å². The van der Waals surface area contributed by atoms with Crippen molar-refractivity contribution in [1.82, 2.24) is 0 Å². The molecule has 2 heterocycles. The molecule has 1 amide bonds. The molecule has 4 rings (SSSR count). The molecule has 2 aliphatic rings. The van der Waals surface area contributed by atoms with Crippen molar-refractivity contribution < 1.29 is 14.4 Å². The van der Waals surface area contributed by atoms with Crippen LogP contribution in [0.2, 0.25) is 0 Å². The molecule has 0 aliphatic carbocycles. The predicted molar refractivity (Wildman–Crippen MR) is 101 cm³/mol. The standard InChI is InChI=1S/C20H18N4O2/c1-26-17-9-5-8-16(12-17)23-11-10-19-22-18(13-24(19)14-23)20(25)21-15-6-3-2-4-7-15/h2-13H,14H2,1H3,(H,21,25)/p+1. The third-order valence-corrected chi connectivity index (χ3v) is 4.28. The number of carbonyl (C=O) groups is 1. The number of ether oxygens (including phenoxy) is 1. The van der Waals surface area contributed by atoms with Crippen LogP contribution in [0, 0.1) is 0 Å². The Kier molecular flexibility index (Phi) is 4.25. The van der Waals surface area contributed by atoms with Gasteiger partial charge in [-0.25, -0.2) is 4.90 Å². The first-order valence-corrected chi connectivity index (χ1v) is 8.35. The molecule has 0 spiro atoms. The summed E-state index contributed by atoms with van der Waals surface area (Å²) in [6, 6.07) is 17.3.